The number of aryl methyl sites for hydroxylation is 1. The Morgan fingerprint density at radius 1 is 0.878 bits per heavy atom. The molecule has 1 aliphatic rings. The molecule has 0 saturated carbocycles. The van der Waals surface area contributed by atoms with Gasteiger partial charge in [-0.3, -0.25) is 9.10 Å². The number of piperidine rings is 1. The molecule has 1 fully saturated rings. The van der Waals surface area contributed by atoms with Crippen LogP contribution in [0, 0.1) is 6.92 Å². The summed E-state index contributed by atoms with van der Waals surface area (Å²) in [5.74, 6) is -0.127. The summed E-state index contributed by atoms with van der Waals surface area (Å²) in [6.45, 7) is 2.53. The molecule has 13 heteroatoms. The molecule has 0 aromatic heterocycles. The highest BCUT2D eigenvalue weighted by Gasteiger charge is 2.28. The van der Waals surface area contributed by atoms with Gasteiger partial charge in [-0.25, -0.2) is 16.8 Å². The molecule has 0 unspecified atom stereocenters. The van der Waals surface area contributed by atoms with Gasteiger partial charge in [-0.05, 0) is 74.4 Å². The molecule has 3 aromatic rings. The van der Waals surface area contributed by atoms with E-state index in [0.717, 1.165) is 29.1 Å². The van der Waals surface area contributed by atoms with Crippen molar-refractivity contribution < 1.29 is 26.4 Å². The molecule has 220 valence electrons. The molecule has 0 bridgehead atoms. The molecule has 0 atom stereocenters. The first-order chi connectivity index (χ1) is 19.5. The van der Waals surface area contributed by atoms with Crippen LogP contribution in [0.5, 0.6) is 5.75 Å². The second-order valence-electron chi connectivity index (χ2n) is 9.59. The van der Waals surface area contributed by atoms with Gasteiger partial charge >= 0.3 is 0 Å². The fraction of sp³-hybridized carbons (Fsp3) is 0.321. The van der Waals surface area contributed by atoms with E-state index >= 15 is 0 Å². The second kappa shape index (κ2) is 13.4. The summed E-state index contributed by atoms with van der Waals surface area (Å²) in [6.07, 6.45) is 2.74. The average molecular weight is 641 g/mol. The predicted octanol–water partition coefficient (Wildman–Crippen LogP) is 4.87. The van der Waals surface area contributed by atoms with Crippen LogP contribution >= 0.6 is 23.2 Å². The number of amides is 1. The lowest BCUT2D eigenvalue weighted by molar-refractivity contribution is -0.119. The van der Waals surface area contributed by atoms with E-state index in [0.29, 0.717) is 18.8 Å². The molecule has 3 aromatic carbocycles. The van der Waals surface area contributed by atoms with Crippen LogP contribution in [0.1, 0.15) is 24.8 Å². The summed E-state index contributed by atoms with van der Waals surface area (Å²) in [4.78, 5) is 13.1. The van der Waals surface area contributed by atoms with Gasteiger partial charge in [0.15, 0.2) is 0 Å². The SMILES string of the molecule is Cc1ccc(S(=O)(=O)N(CC(=O)NCCOc2ccc(S(=O)(=O)N3CCCCC3)cc2)c2cc(Cl)cc(Cl)c2)cc1. The summed E-state index contributed by atoms with van der Waals surface area (Å²) in [5.41, 5.74) is 1.03. The molecule has 0 radical (unpaired) electrons. The first kappa shape index (κ1) is 31.1. The fourth-order valence-corrected chi connectivity index (χ4v) is 7.78. The molecule has 1 N–H and O–H groups in total. The number of hydrogen-bond donors (Lipinski definition) is 1. The van der Waals surface area contributed by atoms with Crippen molar-refractivity contribution in [2.24, 2.45) is 0 Å². The predicted molar refractivity (Wildman–Crippen MR) is 160 cm³/mol. The van der Waals surface area contributed by atoms with E-state index in [4.69, 9.17) is 27.9 Å². The fourth-order valence-electron chi connectivity index (χ4n) is 4.34. The molecule has 4 rings (SSSR count). The van der Waals surface area contributed by atoms with Gasteiger partial charge in [0.05, 0.1) is 22.0 Å². The molecule has 1 amide bonds. The Morgan fingerprint density at radius 2 is 1.46 bits per heavy atom. The third-order valence-corrected chi connectivity index (χ3v) is 10.6. The van der Waals surface area contributed by atoms with Crippen LogP contribution in [0.4, 0.5) is 5.69 Å². The smallest absolute Gasteiger partial charge is 0.264 e. The Hall–Kier alpha value is -2.83. The molecule has 0 aliphatic carbocycles. The Bertz CT molecular complexity index is 1560. The lowest BCUT2D eigenvalue weighted by Gasteiger charge is -2.25. The van der Waals surface area contributed by atoms with Gasteiger partial charge in [-0.2, -0.15) is 4.31 Å². The number of nitrogens with one attached hydrogen (secondary N) is 1. The van der Waals surface area contributed by atoms with Crippen LogP contribution in [-0.4, -0.2) is 59.8 Å². The zero-order chi connectivity index (χ0) is 29.6. The largest absolute Gasteiger partial charge is 0.492 e. The number of benzene rings is 3. The maximum absolute atomic E-state index is 13.5. The number of carbonyl (C=O) groups excluding carboxylic acids is 1. The minimum Gasteiger partial charge on any atom is -0.492 e. The summed E-state index contributed by atoms with van der Waals surface area (Å²) >= 11 is 12.2. The molecule has 1 saturated heterocycles. The molecular formula is C28H31Cl2N3O6S2. The number of hydrogen-bond acceptors (Lipinski definition) is 6. The molecule has 41 heavy (non-hydrogen) atoms. The monoisotopic (exact) mass is 639 g/mol. The van der Waals surface area contributed by atoms with Crippen LogP contribution in [-0.2, 0) is 24.8 Å². The Balaban J connectivity index is 1.37. The molecule has 0 spiro atoms. The van der Waals surface area contributed by atoms with Gasteiger partial charge in [0.2, 0.25) is 15.9 Å². The quantitative estimate of drug-likeness (QED) is 0.300. The lowest BCUT2D eigenvalue weighted by atomic mass is 10.2. The number of anilines is 1. The van der Waals surface area contributed by atoms with Crippen LogP contribution in [0.25, 0.3) is 0 Å². The summed E-state index contributed by atoms with van der Waals surface area (Å²) in [6, 6.07) is 16.7. The van der Waals surface area contributed by atoms with Gasteiger partial charge in [0.1, 0.15) is 18.9 Å². The van der Waals surface area contributed by atoms with Crippen molar-refractivity contribution in [1.29, 1.82) is 0 Å². The van der Waals surface area contributed by atoms with Crippen molar-refractivity contribution in [2.45, 2.75) is 36.0 Å². The van der Waals surface area contributed by atoms with E-state index in [9.17, 15) is 21.6 Å². The van der Waals surface area contributed by atoms with Crippen molar-refractivity contribution in [3.63, 3.8) is 0 Å². The molecular weight excluding hydrogens is 609 g/mol. The van der Waals surface area contributed by atoms with Gasteiger partial charge < -0.3 is 10.1 Å². The highest BCUT2D eigenvalue weighted by Crippen LogP contribution is 2.30. The molecule has 9 nitrogen and oxygen atoms in total. The molecule has 1 aliphatic heterocycles. The topological polar surface area (TPSA) is 113 Å². The average Bonchev–Trinajstić information content (AvgIpc) is 2.94. The zero-order valence-corrected chi connectivity index (χ0v) is 25.6. The van der Waals surface area contributed by atoms with Crippen molar-refractivity contribution in [2.75, 3.05) is 37.1 Å². The Kier molecular flexibility index (Phi) is 10.2. The van der Waals surface area contributed by atoms with Crippen molar-refractivity contribution in [3.8, 4) is 5.75 Å². The van der Waals surface area contributed by atoms with Crippen molar-refractivity contribution in [1.82, 2.24) is 9.62 Å². The summed E-state index contributed by atoms with van der Waals surface area (Å²) in [5, 5.41) is 3.10. The van der Waals surface area contributed by atoms with Crippen molar-refractivity contribution >= 4 is 54.8 Å². The standard InChI is InChI=1S/C28H31Cl2N3O6S2/c1-21-5-9-27(10-6-21)41(37,38)33(24-18-22(29)17-23(30)19-24)20-28(34)31-13-16-39-25-7-11-26(12-8-25)40(35,36)32-14-3-2-4-15-32/h5-12,17-19H,2-4,13-16,20H2,1H3,(H,31,34). The first-order valence-electron chi connectivity index (χ1n) is 13.0. The summed E-state index contributed by atoms with van der Waals surface area (Å²) < 4.78 is 60.7. The number of ether oxygens (including phenoxy) is 1. The highest BCUT2D eigenvalue weighted by molar-refractivity contribution is 7.92. The van der Waals surface area contributed by atoms with E-state index in [1.807, 2.05) is 6.92 Å². The maximum Gasteiger partial charge on any atom is 0.264 e. The van der Waals surface area contributed by atoms with Crippen LogP contribution < -0.4 is 14.4 Å². The van der Waals surface area contributed by atoms with Gasteiger partial charge in [0, 0.05) is 23.1 Å². The number of carbonyl (C=O) groups is 1. The minimum absolute atomic E-state index is 0.0149. The van der Waals surface area contributed by atoms with Crippen LogP contribution in [0.3, 0.4) is 0 Å². The third kappa shape index (κ3) is 7.92. The van der Waals surface area contributed by atoms with Gasteiger partial charge in [0.25, 0.3) is 10.0 Å². The Labute approximate surface area is 251 Å². The second-order valence-corrected chi connectivity index (χ2v) is 14.3. The van der Waals surface area contributed by atoms with Crippen LogP contribution in [0.15, 0.2) is 76.5 Å². The minimum atomic E-state index is -4.13. The normalized spacial score (nSPS) is 14.4. The number of nitrogens with zero attached hydrogens (tertiary/aromatic N) is 2. The van der Waals surface area contributed by atoms with Gasteiger partial charge in [-0.1, -0.05) is 47.3 Å². The number of halogens is 2. The van der Waals surface area contributed by atoms with E-state index in [-0.39, 0.29) is 38.7 Å². The number of rotatable bonds is 11. The van der Waals surface area contributed by atoms with E-state index in [1.54, 1.807) is 24.3 Å². The van der Waals surface area contributed by atoms with Crippen LogP contribution in [0.2, 0.25) is 10.0 Å². The zero-order valence-electron chi connectivity index (χ0n) is 22.4. The first-order valence-corrected chi connectivity index (χ1v) is 16.7. The lowest BCUT2D eigenvalue weighted by Crippen LogP contribution is -2.42. The maximum atomic E-state index is 13.5. The third-order valence-electron chi connectivity index (χ3n) is 6.50. The molecule has 1 heterocycles. The Morgan fingerprint density at radius 3 is 2.07 bits per heavy atom. The van der Waals surface area contributed by atoms with E-state index in [1.165, 1.54) is 46.8 Å². The van der Waals surface area contributed by atoms with E-state index < -0.39 is 32.5 Å². The summed E-state index contributed by atoms with van der Waals surface area (Å²) in [7, 11) is -7.67. The highest BCUT2D eigenvalue weighted by atomic mass is 35.5. The van der Waals surface area contributed by atoms with Crippen molar-refractivity contribution in [3.05, 3.63) is 82.3 Å². The van der Waals surface area contributed by atoms with E-state index in [2.05, 4.69) is 5.32 Å². The number of sulfonamides is 2. The van der Waals surface area contributed by atoms with Gasteiger partial charge in [-0.15, -0.1) is 0 Å².